The normalized spacial score (nSPS) is 22.8. The number of aromatic amines is 1. The molecule has 0 bridgehead atoms. The first-order chi connectivity index (χ1) is 11.2. The van der Waals surface area contributed by atoms with Crippen LogP contribution in [0.2, 0.25) is 0 Å². The zero-order valence-electron chi connectivity index (χ0n) is 12.9. The smallest absolute Gasteiger partial charge is 0.275 e. The Morgan fingerprint density at radius 1 is 1.26 bits per heavy atom. The van der Waals surface area contributed by atoms with Crippen LogP contribution in [0.1, 0.15) is 16.9 Å². The summed E-state index contributed by atoms with van der Waals surface area (Å²) >= 11 is 3.47. The summed E-state index contributed by atoms with van der Waals surface area (Å²) in [6, 6.07) is 6.33. The number of H-pyrrole nitrogens is 1. The van der Waals surface area contributed by atoms with Crippen molar-refractivity contribution in [1.29, 1.82) is 0 Å². The van der Waals surface area contributed by atoms with E-state index in [9.17, 15) is 4.79 Å². The fourth-order valence-electron chi connectivity index (χ4n) is 3.57. The molecule has 2 aliphatic heterocycles. The van der Waals surface area contributed by atoms with Crippen molar-refractivity contribution < 1.29 is 4.79 Å². The van der Waals surface area contributed by atoms with E-state index in [2.05, 4.69) is 36.3 Å². The van der Waals surface area contributed by atoms with Crippen molar-refractivity contribution >= 4 is 32.7 Å². The van der Waals surface area contributed by atoms with Crippen molar-refractivity contribution in [2.24, 2.45) is 0 Å². The van der Waals surface area contributed by atoms with E-state index in [1.54, 1.807) is 0 Å². The number of halogens is 1. The van der Waals surface area contributed by atoms with Gasteiger partial charge in [0.15, 0.2) is 5.69 Å². The van der Waals surface area contributed by atoms with Gasteiger partial charge in [0, 0.05) is 55.2 Å². The highest BCUT2D eigenvalue weighted by molar-refractivity contribution is 9.10. The van der Waals surface area contributed by atoms with Crippen LogP contribution in [-0.2, 0) is 0 Å². The molecule has 6 nitrogen and oxygen atoms in total. The van der Waals surface area contributed by atoms with Crippen LogP contribution in [0.3, 0.4) is 0 Å². The summed E-state index contributed by atoms with van der Waals surface area (Å²) in [5.41, 5.74) is 1.43. The number of rotatable bonds is 2. The molecule has 0 spiro atoms. The van der Waals surface area contributed by atoms with Crippen molar-refractivity contribution in [2.45, 2.75) is 12.5 Å². The summed E-state index contributed by atoms with van der Waals surface area (Å²) in [7, 11) is 0. The molecule has 122 valence electrons. The number of hydrogen-bond donors (Lipinski definition) is 2. The number of hydrogen-bond acceptors (Lipinski definition) is 4. The largest absolute Gasteiger partial charge is 0.336 e. The monoisotopic (exact) mass is 377 g/mol. The molecule has 0 aliphatic carbocycles. The number of piperazine rings is 1. The average Bonchev–Trinajstić information content (AvgIpc) is 3.22. The molecule has 2 aliphatic rings. The second-order valence-corrected chi connectivity index (χ2v) is 7.16. The van der Waals surface area contributed by atoms with Crippen LogP contribution in [0.5, 0.6) is 0 Å². The highest BCUT2D eigenvalue weighted by atomic mass is 79.9. The zero-order chi connectivity index (χ0) is 15.8. The van der Waals surface area contributed by atoms with Crippen LogP contribution in [0.15, 0.2) is 22.7 Å². The van der Waals surface area contributed by atoms with Crippen molar-refractivity contribution in [3.05, 3.63) is 28.4 Å². The highest BCUT2D eigenvalue weighted by Gasteiger charge is 2.32. The van der Waals surface area contributed by atoms with Gasteiger partial charge in [-0.15, -0.1) is 0 Å². The highest BCUT2D eigenvalue weighted by Crippen LogP contribution is 2.24. The first-order valence-electron chi connectivity index (χ1n) is 8.10. The Bertz CT molecular complexity index is 724. The first kappa shape index (κ1) is 15.1. The molecule has 4 rings (SSSR count). The van der Waals surface area contributed by atoms with Gasteiger partial charge in [-0.05, 0) is 24.6 Å². The van der Waals surface area contributed by atoms with Gasteiger partial charge in [-0.3, -0.25) is 14.8 Å². The lowest BCUT2D eigenvalue weighted by Crippen LogP contribution is -2.49. The lowest BCUT2D eigenvalue weighted by molar-refractivity contribution is 0.0769. The number of likely N-dealkylation sites (tertiary alicyclic amines) is 1. The lowest BCUT2D eigenvalue weighted by atomic mass is 10.2. The van der Waals surface area contributed by atoms with Gasteiger partial charge in [-0.2, -0.15) is 5.10 Å². The first-order valence-corrected chi connectivity index (χ1v) is 8.89. The molecular formula is C16H20BrN5O. The van der Waals surface area contributed by atoms with Gasteiger partial charge < -0.3 is 10.2 Å². The Kier molecular flexibility index (Phi) is 4.09. The molecule has 3 heterocycles. The number of amides is 1. The van der Waals surface area contributed by atoms with Gasteiger partial charge >= 0.3 is 0 Å². The van der Waals surface area contributed by atoms with Gasteiger partial charge in [-0.25, -0.2) is 0 Å². The number of benzene rings is 1. The Balaban J connectivity index is 1.51. The van der Waals surface area contributed by atoms with Gasteiger partial charge in [0.1, 0.15) is 0 Å². The van der Waals surface area contributed by atoms with E-state index in [0.717, 1.165) is 61.1 Å². The third kappa shape index (κ3) is 2.88. The van der Waals surface area contributed by atoms with E-state index in [1.807, 2.05) is 23.1 Å². The number of carbonyl (C=O) groups is 1. The number of aromatic nitrogens is 2. The van der Waals surface area contributed by atoms with Gasteiger partial charge in [0.05, 0.1) is 5.52 Å². The van der Waals surface area contributed by atoms with E-state index in [4.69, 9.17) is 0 Å². The second-order valence-electron chi connectivity index (χ2n) is 6.24. The van der Waals surface area contributed by atoms with Crippen LogP contribution in [-0.4, -0.2) is 71.2 Å². The zero-order valence-corrected chi connectivity index (χ0v) is 14.5. The molecule has 1 aromatic heterocycles. The molecule has 1 aromatic carbocycles. The minimum atomic E-state index is 0.0342. The Morgan fingerprint density at radius 2 is 2.09 bits per heavy atom. The maximum Gasteiger partial charge on any atom is 0.275 e. The van der Waals surface area contributed by atoms with Crippen LogP contribution in [0.4, 0.5) is 0 Å². The standard InChI is InChI=1S/C16H20BrN5O/c17-11-1-2-14-13(9-11)15(20-19-14)16(23)22-6-3-12(10-22)21-7-4-18-5-8-21/h1-2,9,12,18H,3-8,10H2,(H,19,20). The summed E-state index contributed by atoms with van der Waals surface area (Å²) in [4.78, 5) is 17.3. The molecule has 2 aromatic rings. The SMILES string of the molecule is O=C(c1n[nH]c2ccc(Br)cc12)N1CCC(N2CCNCC2)C1. The van der Waals surface area contributed by atoms with E-state index >= 15 is 0 Å². The maximum atomic E-state index is 12.9. The predicted molar refractivity (Wildman–Crippen MR) is 92.5 cm³/mol. The molecule has 1 unspecified atom stereocenters. The van der Waals surface area contributed by atoms with Gasteiger partial charge in [0.25, 0.3) is 5.91 Å². The molecule has 1 amide bonds. The van der Waals surface area contributed by atoms with Crippen LogP contribution in [0, 0.1) is 0 Å². The Morgan fingerprint density at radius 3 is 2.91 bits per heavy atom. The van der Waals surface area contributed by atoms with E-state index in [-0.39, 0.29) is 5.91 Å². The molecule has 2 fully saturated rings. The van der Waals surface area contributed by atoms with Crippen molar-refractivity contribution in [3.63, 3.8) is 0 Å². The Hall–Kier alpha value is -1.44. The van der Waals surface area contributed by atoms with Crippen molar-refractivity contribution in [2.75, 3.05) is 39.3 Å². The minimum absolute atomic E-state index is 0.0342. The van der Waals surface area contributed by atoms with Gasteiger partial charge in [-0.1, -0.05) is 15.9 Å². The number of fused-ring (bicyclic) bond motifs is 1. The lowest BCUT2D eigenvalue weighted by Gasteiger charge is -2.32. The topological polar surface area (TPSA) is 64.3 Å². The molecule has 0 saturated carbocycles. The Labute approximate surface area is 143 Å². The number of nitrogens with one attached hydrogen (secondary N) is 2. The van der Waals surface area contributed by atoms with E-state index in [0.29, 0.717) is 11.7 Å². The third-order valence-electron chi connectivity index (χ3n) is 4.85. The fraction of sp³-hybridized carbons (Fsp3) is 0.500. The molecule has 2 saturated heterocycles. The summed E-state index contributed by atoms with van der Waals surface area (Å²) in [5.74, 6) is 0.0342. The van der Waals surface area contributed by atoms with Crippen molar-refractivity contribution in [1.82, 2.24) is 25.3 Å². The quantitative estimate of drug-likeness (QED) is 0.831. The fourth-order valence-corrected chi connectivity index (χ4v) is 3.93. The second kappa shape index (κ2) is 6.22. The summed E-state index contributed by atoms with van der Waals surface area (Å²) < 4.78 is 0.959. The predicted octanol–water partition coefficient (Wildman–Crippen LogP) is 1.45. The van der Waals surface area contributed by atoms with E-state index < -0.39 is 0 Å². The summed E-state index contributed by atoms with van der Waals surface area (Å²) in [6.45, 7) is 5.86. The molecule has 2 N–H and O–H groups in total. The summed E-state index contributed by atoms with van der Waals surface area (Å²) in [5, 5.41) is 11.5. The molecule has 0 radical (unpaired) electrons. The van der Waals surface area contributed by atoms with E-state index in [1.165, 1.54) is 0 Å². The molecule has 1 atom stereocenters. The molecule has 7 heteroatoms. The molecule has 23 heavy (non-hydrogen) atoms. The number of carbonyl (C=O) groups excluding carboxylic acids is 1. The average molecular weight is 378 g/mol. The van der Waals surface area contributed by atoms with Crippen LogP contribution < -0.4 is 5.32 Å². The molecular weight excluding hydrogens is 358 g/mol. The minimum Gasteiger partial charge on any atom is -0.336 e. The third-order valence-corrected chi connectivity index (χ3v) is 5.34. The maximum absolute atomic E-state index is 12.9. The van der Waals surface area contributed by atoms with Gasteiger partial charge in [0.2, 0.25) is 0 Å². The van der Waals surface area contributed by atoms with Crippen LogP contribution >= 0.6 is 15.9 Å². The summed E-state index contributed by atoms with van der Waals surface area (Å²) in [6.07, 6.45) is 1.05. The number of nitrogens with zero attached hydrogens (tertiary/aromatic N) is 3. The van der Waals surface area contributed by atoms with Crippen molar-refractivity contribution in [3.8, 4) is 0 Å². The van der Waals surface area contributed by atoms with Crippen LogP contribution in [0.25, 0.3) is 10.9 Å².